The summed E-state index contributed by atoms with van der Waals surface area (Å²) in [5, 5.41) is 20.4. The minimum Gasteiger partial charge on any atom is -0.469 e. The van der Waals surface area contributed by atoms with Crippen LogP contribution in [-0.4, -0.2) is 52.8 Å². The molecule has 0 heterocycles. The predicted molar refractivity (Wildman–Crippen MR) is 113 cm³/mol. The second-order valence-electron chi connectivity index (χ2n) is 7.77. The Balaban J connectivity index is 2.44. The van der Waals surface area contributed by atoms with E-state index in [2.05, 4.69) is 30.4 Å². The lowest BCUT2D eigenvalue weighted by atomic mass is 9.94. The number of carbonyl (C=O) groups excluding carboxylic acids is 2. The van der Waals surface area contributed by atoms with Gasteiger partial charge in [-0.3, -0.25) is 9.59 Å². The highest BCUT2D eigenvalue weighted by atomic mass is 32.2. The quantitative estimate of drug-likeness (QED) is 0.291. The first-order valence-electron chi connectivity index (χ1n) is 10.4. The van der Waals surface area contributed by atoms with E-state index in [4.69, 9.17) is 0 Å². The number of aliphatic hydroxyl groups excluding tert-OH is 2. The third-order valence-electron chi connectivity index (χ3n) is 5.21. The van der Waals surface area contributed by atoms with Crippen LogP contribution in [0.2, 0.25) is 0 Å². The molecule has 3 unspecified atom stereocenters. The number of methoxy groups -OCH3 is 1. The van der Waals surface area contributed by atoms with Gasteiger partial charge in [-0.2, -0.15) is 11.8 Å². The van der Waals surface area contributed by atoms with Gasteiger partial charge in [0, 0.05) is 24.5 Å². The van der Waals surface area contributed by atoms with Gasteiger partial charge >= 0.3 is 5.97 Å². The molecule has 5 atom stereocenters. The minimum atomic E-state index is -0.741. The molecule has 0 aromatic carbocycles. The van der Waals surface area contributed by atoms with Gasteiger partial charge in [0.25, 0.3) is 0 Å². The van der Waals surface area contributed by atoms with Gasteiger partial charge in [0.05, 0.1) is 19.1 Å². The lowest BCUT2D eigenvalue weighted by Crippen LogP contribution is -2.22. The average molecular weight is 413 g/mol. The van der Waals surface area contributed by atoms with Crippen LogP contribution in [0.15, 0.2) is 0 Å². The van der Waals surface area contributed by atoms with Gasteiger partial charge in [-0.15, -0.1) is 0 Å². The molecule has 1 aliphatic carbocycles. The lowest BCUT2D eigenvalue weighted by molar-refractivity contribution is -0.140. The molecule has 0 amide bonds. The maximum atomic E-state index is 12.2. The van der Waals surface area contributed by atoms with Gasteiger partial charge in [0.2, 0.25) is 0 Å². The predicted octanol–water partition coefficient (Wildman–Crippen LogP) is 3.21. The zero-order valence-electron chi connectivity index (χ0n) is 17.5. The number of thioether (sulfide) groups is 1. The normalized spacial score (nSPS) is 23.8. The molecule has 1 aliphatic rings. The van der Waals surface area contributed by atoms with Crippen molar-refractivity contribution in [1.29, 1.82) is 0 Å². The van der Waals surface area contributed by atoms with Gasteiger partial charge in [0.1, 0.15) is 11.9 Å². The molecule has 0 saturated heterocycles. The van der Waals surface area contributed by atoms with E-state index in [0.29, 0.717) is 24.5 Å². The number of Topliss-reactive ketones (excluding diaryl/α,β-unsaturated/α-hetero) is 1. The molecule has 1 rings (SSSR count). The molecule has 1 fully saturated rings. The van der Waals surface area contributed by atoms with Crippen LogP contribution in [0.4, 0.5) is 0 Å². The number of rotatable bonds is 12. The first-order valence-corrected chi connectivity index (χ1v) is 11.6. The summed E-state index contributed by atoms with van der Waals surface area (Å²) in [5.74, 6) is 6.95. The van der Waals surface area contributed by atoms with Gasteiger partial charge in [-0.05, 0) is 30.9 Å². The van der Waals surface area contributed by atoms with Crippen LogP contribution in [0.25, 0.3) is 0 Å². The minimum absolute atomic E-state index is 0.0552. The number of ketones is 1. The molecule has 6 heteroatoms. The first-order chi connectivity index (χ1) is 13.4. The number of esters is 1. The van der Waals surface area contributed by atoms with Crippen LogP contribution >= 0.6 is 11.8 Å². The fraction of sp³-hybridized carbons (Fsp3) is 0.818. The summed E-state index contributed by atoms with van der Waals surface area (Å²) in [5.41, 5.74) is 0. The second-order valence-corrected chi connectivity index (χ2v) is 8.92. The monoisotopic (exact) mass is 412 g/mol. The Morgan fingerprint density at radius 2 is 2.11 bits per heavy atom. The average Bonchev–Trinajstić information content (AvgIpc) is 2.93. The fourth-order valence-electron chi connectivity index (χ4n) is 3.44. The molecule has 0 aromatic rings. The number of hydrogen-bond acceptors (Lipinski definition) is 6. The van der Waals surface area contributed by atoms with Gasteiger partial charge in [0.15, 0.2) is 0 Å². The zero-order chi connectivity index (χ0) is 20.9. The maximum Gasteiger partial charge on any atom is 0.305 e. The standard InChI is InChI=1S/C22H36O5S/c1-4-5-8-16(2)13-17(23)10-11-18-19(21(25)14-20(18)24)15-28-12-7-6-9-22(26)27-3/h16-20,23-24H,4-9,12-15H2,1-3H3/t16?,17?,18-,19?,20-/m1/s1. The third kappa shape index (κ3) is 9.45. The van der Waals surface area contributed by atoms with E-state index in [1.165, 1.54) is 7.11 Å². The molecule has 1 saturated carbocycles. The van der Waals surface area contributed by atoms with E-state index in [-0.39, 0.29) is 24.1 Å². The van der Waals surface area contributed by atoms with Crippen LogP contribution in [0, 0.1) is 29.6 Å². The molecule has 5 nitrogen and oxygen atoms in total. The molecule has 160 valence electrons. The van der Waals surface area contributed by atoms with Crippen molar-refractivity contribution in [3.8, 4) is 11.8 Å². The van der Waals surface area contributed by atoms with Crippen molar-refractivity contribution < 1.29 is 24.5 Å². The lowest BCUT2D eigenvalue weighted by Gasteiger charge is -2.16. The number of ether oxygens (including phenoxy) is 1. The number of aliphatic hydroxyl groups is 2. The summed E-state index contributed by atoms with van der Waals surface area (Å²) in [4.78, 5) is 23.3. The first kappa shape index (κ1) is 25.0. The van der Waals surface area contributed by atoms with Crippen LogP contribution < -0.4 is 0 Å². The molecule has 28 heavy (non-hydrogen) atoms. The molecular weight excluding hydrogens is 376 g/mol. The summed E-state index contributed by atoms with van der Waals surface area (Å²) < 4.78 is 4.61. The Bertz CT molecular complexity index is 539. The number of unbranched alkanes of at least 4 members (excludes halogenated alkanes) is 2. The molecule has 2 N–H and O–H groups in total. The van der Waals surface area contributed by atoms with E-state index in [1.807, 2.05) is 0 Å². The summed E-state index contributed by atoms with van der Waals surface area (Å²) in [6.07, 6.45) is 4.77. The summed E-state index contributed by atoms with van der Waals surface area (Å²) in [6.45, 7) is 4.27. The highest BCUT2D eigenvalue weighted by Gasteiger charge is 2.40. The molecular formula is C22H36O5S. The molecule has 0 radical (unpaired) electrons. The van der Waals surface area contributed by atoms with Crippen molar-refractivity contribution in [2.75, 3.05) is 18.6 Å². The summed E-state index contributed by atoms with van der Waals surface area (Å²) >= 11 is 1.66. The number of carbonyl (C=O) groups is 2. The molecule has 0 spiro atoms. The van der Waals surface area contributed by atoms with Crippen molar-refractivity contribution in [3.05, 3.63) is 0 Å². The van der Waals surface area contributed by atoms with E-state index >= 15 is 0 Å². The van der Waals surface area contributed by atoms with E-state index in [0.717, 1.165) is 37.9 Å². The Hall–Kier alpha value is -1.03. The van der Waals surface area contributed by atoms with Gasteiger partial charge in [-0.1, -0.05) is 45.0 Å². The van der Waals surface area contributed by atoms with Crippen molar-refractivity contribution in [3.63, 3.8) is 0 Å². The highest BCUT2D eigenvalue weighted by molar-refractivity contribution is 7.99. The van der Waals surface area contributed by atoms with Crippen LogP contribution in [-0.2, 0) is 14.3 Å². The van der Waals surface area contributed by atoms with Gasteiger partial charge < -0.3 is 14.9 Å². The molecule has 0 aromatic heterocycles. The Labute approximate surface area is 174 Å². The van der Waals surface area contributed by atoms with E-state index < -0.39 is 18.1 Å². The smallest absolute Gasteiger partial charge is 0.305 e. The Morgan fingerprint density at radius 1 is 1.36 bits per heavy atom. The Kier molecular flexibility index (Phi) is 12.5. The molecule has 0 aliphatic heterocycles. The summed E-state index contributed by atoms with van der Waals surface area (Å²) in [7, 11) is 1.39. The van der Waals surface area contributed by atoms with Crippen LogP contribution in [0.5, 0.6) is 0 Å². The third-order valence-corrected chi connectivity index (χ3v) is 6.38. The zero-order valence-corrected chi connectivity index (χ0v) is 18.3. The van der Waals surface area contributed by atoms with Crippen LogP contribution in [0.1, 0.15) is 65.2 Å². The molecule has 0 bridgehead atoms. The van der Waals surface area contributed by atoms with Gasteiger partial charge in [-0.25, -0.2) is 0 Å². The SMILES string of the molecule is CCCCC(C)CC(O)C#C[C@@H]1C(CSCCCCC(=O)OC)C(=O)C[C@H]1O. The Morgan fingerprint density at radius 3 is 2.79 bits per heavy atom. The number of hydrogen-bond donors (Lipinski definition) is 2. The van der Waals surface area contributed by atoms with E-state index in [9.17, 15) is 19.8 Å². The van der Waals surface area contributed by atoms with Crippen molar-refractivity contribution in [2.24, 2.45) is 17.8 Å². The largest absolute Gasteiger partial charge is 0.469 e. The van der Waals surface area contributed by atoms with Crippen LogP contribution in [0.3, 0.4) is 0 Å². The topological polar surface area (TPSA) is 83.8 Å². The fourth-order valence-corrected chi connectivity index (χ4v) is 4.66. The van der Waals surface area contributed by atoms with Crippen molar-refractivity contribution in [1.82, 2.24) is 0 Å². The maximum absolute atomic E-state index is 12.2. The van der Waals surface area contributed by atoms with E-state index in [1.54, 1.807) is 11.8 Å². The van der Waals surface area contributed by atoms with Crippen molar-refractivity contribution >= 4 is 23.5 Å². The second kappa shape index (κ2) is 14.0. The summed E-state index contributed by atoms with van der Waals surface area (Å²) in [6, 6.07) is 0. The van der Waals surface area contributed by atoms with Crippen molar-refractivity contribution in [2.45, 2.75) is 77.4 Å². The highest BCUT2D eigenvalue weighted by Crippen LogP contribution is 2.32.